The van der Waals surface area contributed by atoms with Crippen molar-refractivity contribution < 1.29 is 4.79 Å². The Morgan fingerprint density at radius 2 is 2.00 bits per heavy atom. The first-order valence-electron chi connectivity index (χ1n) is 10.4. The van der Waals surface area contributed by atoms with Gasteiger partial charge in [-0.3, -0.25) is 19.1 Å². The predicted octanol–water partition coefficient (Wildman–Crippen LogP) is 1.05. The number of amides is 1. The van der Waals surface area contributed by atoms with Crippen LogP contribution < -0.4 is 16.0 Å². The molecule has 3 heterocycles. The third-order valence-corrected chi connectivity index (χ3v) is 5.12. The zero-order chi connectivity index (χ0) is 20.5. The number of guanidine groups is 1. The van der Waals surface area contributed by atoms with Crippen LogP contribution in [0.15, 0.2) is 29.4 Å². The molecule has 166 valence electrons. The van der Waals surface area contributed by atoms with Crippen LogP contribution in [0.1, 0.15) is 32.0 Å². The first kappa shape index (κ1) is 24.3. The number of fused-ring (bicyclic) bond motifs is 1. The van der Waals surface area contributed by atoms with Gasteiger partial charge >= 0.3 is 0 Å². The summed E-state index contributed by atoms with van der Waals surface area (Å²) in [6.45, 7) is 5.87. The van der Waals surface area contributed by atoms with Gasteiger partial charge in [-0.1, -0.05) is 13.0 Å². The Balaban J connectivity index is 0.00000320. The highest BCUT2D eigenvalue weighted by Crippen LogP contribution is 2.10. The van der Waals surface area contributed by atoms with Gasteiger partial charge in [0.1, 0.15) is 5.82 Å². The van der Waals surface area contributed by atoms with Crippen LogP contribution in [-0.2, 0) is 11.2 Å². The number of aromatic nitrogens is 3. The summed E-state index contributed by atoms with van der Waals surface area (Å²) in [6, 6.07) is 6.25. The number of likely N-dealkylation sites (tertiary alicyclic amines) is 1. The molecule has 9 nitrogen and oxygen atoms in total. The Morgan fingerprint density at radius 3 is 2.73 bits per heavy atom. The fourth-order valence-corrected chi connectivity index (χ4v) is 3.50. The number of pyridine rings is 1. The van der Waals surface area contributed by atoms with E-state index in [-0.39, 0.29) is 29.9 Å². The molecule has 2 aromatic heterocycles. The van der Waals surface area contributed by atoms with E-state index in [1.807, 2.05) is 28.8 Å². The number of carbonyl (C=O) groups is 1. The molecular formula is C20H33IN8O. The van der Waals surface area contributed by atoms with E-state index in [9.17, 15) is 4.79 Å². The Kier molecular flexibility index (Phi) is 10.3. The largest absolute Gasteiger partial charge is 0.356 e. The minimum Gasteiger partial charge on any atom is -0.356 e. The van der Waals surface area contributed by atoms with Crippen molar-refractivity contribution >= 4 is 41.5 Å². The number of halogens is 1. The first-order chi connectivity index (χ1) is 14.2. The van der Waals surface area contributed by atoms with Crippen molar-refractivity contribution in [2.75, 3.05) is 39.8 Å². The van der Waals surface area contributed by atoms with Crippen LogP contribution in [0, 0.1) is 0 Å². The van der Waals surface area contributed by atoms with E-state index < -0.39 is 0 Å². The molecule has 0 atom stereocenters. The lowest BCUT2D eigenvalue weighted by molar-refractivity contribution is -0.122. The lowest BCUT2D eigenvalue weighted by Crippen LogP contribution is -2.50. The van der Waals surface area contributed by atoms with Crippen molar-refractivity contribution in [2.45, 2.75) is 38.6 Å². The molecule has 3 N–H and O–H groups in total. The molecule has 0 saturated carbocycles. The predicted molar refractivity (Wildman–Crippen MR) is 129 cm³/mol. The molecule has 1 fully saturated rings. The fraction of sp³-hybridized carbons (Fsp3) is 0.600. The van der Waals surface area contributed by atoms with Gasteiger partial charge < -0.3 is 16.0 Å². The Hall–Kier alpha value is -1.95. The number of hydrogen-bond acceptors (Lipinski definition) is 5. The monoisotopic (exact) mass is 528 g/mol. The number of rotatable bonds is 8. The van der Waals surface area contributed by atoms with Crippen molar-refractivity contribution in [3.63, 3.8) is 0 Å². The van der Waals surface area contributed by atoms with Gasteiger partial charge in [0.15, 0.2) is 11.6 Å². The van der Waals surface area contributed by atoms with Gasteiger partial charge in [-0.15, -0.1) is 34.2 Å². The second kappa shape index (κ2) is 12.7. The van der Waals surface area contributed by atoms with Crippen LogP contribution in [0.5, 0.6) is 0 Å². The molecule has 1 saturated heterocycles. The maximum absolute atomic E-state index is 11.9. The number of nitrogens with one attached hydrogen (secondary N) is 3. The molecule has 0 unspecified atom stereocenters. The molecule has 0 spiro atoms. The number of carbonyl (C=O) groups excluding carboxylic acids is 1. The standard InChI is InChI=1S/C20H32N8O.HI/c1-3-10-22-19(29)15-27-13-8-16(9-14-27)24-20(21-2)23-11-7-18-26-25-17-6-4-5-12-28(17)18;/h4-6,12,16H,3,7-11,13-15H2,1-2H3,(H,22,29)(H2,21,23,24);1H. The van der Waals surface area contributed by atoms with Gasteiger partial charge in [0.2, 0.25) is 5.91 Å². The van der Waals surface area contributed by atoms with E-state index >= 15 is 0 Å². The maximum Gasteiger partial charge on any atom is 0.234 e. The van der Waals surface area contributed by atoms with Gasteiger partial charge in [-0.05, 0) is 31.4 Å². The SMILES string of the molecule is CCCNC(=O)CN1CCC(NC(=NC)NCCc2nnc3ccccn23)CC1.I. The molecule has 1 amide bonds. The number of nitrogens with zero attached hydrogens (tertiary/aromatic N) is 5. The second-order valence-electron chi connectivity index (χ2n) is 7.34. The smallest absolute Gasteiger partial charge is 0.234 e. The molecule has 10 heteroatoms. The molecule has 0 aliphatic carbocycles. The molecular weight excluding hydrogens is 495 g/mol. The Labute approximate surface area is 195 Å². The van der Waals surface area contributed by atoms with Crippen molar-refractivity contribution in [3.8, 4) is 0 Å². The van der Waals surface area contributed by atoms with Crippen molar-refractivity contribution in [1.29, 1.82) is 0 Å². The lowest BCUT2D eigenvalue weighted by Gasteiger charge is -2.32. The quantitative estimate of drug-likeness (QED) is 0.269. The molecule has 0 aromatic carbocycles. The Bertz CT molecular complexity index is 816. The average molecular weight is 528 g/mol. The van der Waals surface area contributed by atoms with Crippen molar-refractivity contribution in [2.24, 2.45) is 4.99 Å². The molecule has 3 rings (SSSR count). The average Bonchev–Trinajstić information content (AvgIpc) is 3.16. The second-order valence-corrected chi connectivity index (χ2v) is 7.34. The van der Waals surface area contributed by atoms with E-state index in [1.165, 1.54) is 0 Å². The molecule has 0 radical (unpaired) electrons. The molecule has 1 aliphatic heterocycles. The zero-order valence-corrected chi connectivity index (χ0v) is 20.1. The highest BCUT2D eigenvalue weighted by Gasteiger charge is 2.21. The van der Waals surface area contributed by atoms with Crippen LogP contribution in [0.3, 0.4) is 0 Å². The summed E-state index contributed by atoms with van der Waals surface area (Å²) in [6.07, 6.45) is 5.70. The summed E-state index contributed by atoms with van der Waals surface area (Å²) in [5.74, 6) is 1.85. The van der Waals surface area contributed by atoms with Gasteiger partial charge in [-0.25, -0.2) is 0 Å². The minimum absolute atomic E-state index is 0. The van der Waals surface area contributed by atoms with Gasteiger partial charge in [0.25, 0.3) is 0 Å². The first-order valence-corrected chi connectivity index (χ1v) is 10.4. The number of hydrogen-bond donors (Lipinski definition) is 3. The summed E-state index contributed by atoms with van der Waals surface area (Å²) < 4.78 is 2.00. The normalized spacial score (nSPS) is 15.6. The van der Waals surface area contributed by atoms with Crippen LogP contribution in [0.25, 0.3) is 5.65 Å². The number of aliphatic imine (C=N–C) groups is 1. The fourth-order valence-electron chi connectivity index (χ4n) is 3.50. The summed E-state index contributed by atoms with van der Waals surface area (Å²) in [7, 11) is 1.79. The summed E-state index contributed by atoms with van der Waals surface area (Å²) in [5, 5.41) is 18.2. The van der Waals surface area contributed by atoms with Crippen LogP contribution in [0.2, 0.25) is 0 Å². The third-order valence-electron chi connectivity index (χ3n) is 5.12. The highest BCUT2D eigenvalue weighted by atomic mass is 127. The van der Waals surface area contributed by atoms with E-state index in [2.05, 4.69) is 43.0 Å². The molecule has 0 bridgehead atoms. The summed E-state index contributed by atoms with van der Waals surface area (Å²) >= 11 is 0. The van der Waals surface area contributed by atoms with Crippen molar-refractivity contribution in [1.82, 2.24) is 35.4 Å². The van der Waals surface area contributed by atoms with Gasteiger partial charge in [0, 0.05) is 51.9 Å². The summed E-state index contributed by atoms with van der Waals surface area (Å²) in [5.41, 5.74) is 0.861. The van der Waals surface area contributed by atoms with E-state index in [0.29, 0.717) is 12.6 Å². The van der Waals surface area contributed by atoms with E-state index in [1.54, 1.807) is 7.05 Å². The third kappa shape index (κ3) is 7.08. The maximum atomic E-state index is 11.9. The van der Waals surface area contributed by atoms with Crippen LogP contribution in [0.4, 0.5) is 0 Å². The van der Waals surface area contributed by atoms with Gasteiger partial charge in [0.05, 0.1) is 6.54 Å². The van der Waals surface area contributed by atoms with Crippen LogP contribution in [-0.4, -0.2) is 77.2 Å². The molecule has 30 heavy (non-hydrogen) atoms. The number of piperidine rings is 1. The minimum atomic E-state index is 0. The zero-order valence-electron chi connectivity index (χ0n) is 17.8. The summed E-state index contributed by atoms with van der Waals surface area (Å²) in [4.78, 5) is 18.4. The molecule has 2 aromatic rings. The van der Waals surface area contributed by atoms with Gasteiger partial charge in [-0.2, -0.15) is 0 Å². The van der Waals surface area contributed by atoms with E-state index in [4.69, 9.17) is 0 Å². The Morgan fingerprint density at radius 1 is 1.20 bits per heavy atom. The van der Waals surface area contributed by atoms with E-state index in [0.717, 1.165) is 69.3 Å². The topological polar surface area (TPSA) is 99.0 Å². The molecule has 1 aliphatic rings. The lowest BCUT2D eigenvalue weighted by atomic mass is 10.1. The highest BCUT2D eigenvalue weighted by molar-refractivity contribution is 14.0. The van der Waals surface area contributed by atoms with Crippen LogP contribution >= 0.6 is 24.0 Å². The van der Waals surface area contributed by atoms with Crippen molar-refractivity contribution in [3.05, 3.63) is 30.2 Å².